The molecule has 1 aliphatic carbocycles. The van der Waals surface area contributed by atoms with Crippen LogP contribution in [0.1, 0.15) is 19.3 Å². The van der Waals surface area contributed by atoms with Crippen LogP contribution >= 0.6 is 22.9 Å². The Bertz CT molecular complexity index is 644. The second-order valence-corrected chi connectivity index (χ2v) is 9.39. The lowest BCUT2D eigenvalue weighted by atomic mass is 9.89. The monoisotopic (exact) mass is 348 g/mol. The zero-order valence-electron chi connectivity index (χ0n) is 11.3. The van der Waals surface area contributed by atoms with E-state index in [2.05, 4.69) is 10.0 Å². The Balaban J connectivity index is 1.68. The van der Waals surface area contributed by atoms with E-state index in [0.29, 0.717) is 29.8 Å². The summed E-state index contributed by atoms with van der Waals surface area (Å²) >= 11 is 6.84. The van der Waals surface area contributed by atoms with Crippen molar-refractivity contribution in [1.82, 2.24) is 10.0 Å². The summed E-state index contributed by atoms with van der Waals surface area (Å²) in [6.45, 7) is 1.05. The number of nitrogens with one attached hydrogen (secondary N) is 2. The lowest BCUT2D eigenvalue weighted by Gasteiger charge is -2.21. The zero-order valence-corrected chi connectivity index (χ0v) is 13.7. The van der Waals surface area contributed by atoms with Crippen molar-refractivity contribution in [3.8, 4) is 0 Å². The molecule has 0 aromatic carbocycles. The highest BCUT2D eigenvalue weighted by molar-refractivity contribution is 7.91. The van der Waals surface area contributed by atoms with Gasteiger partial charge in [-0.25, -0.2) is 13.1 Å². The van der Waals surface area contributed by atoms with Crippen LogP contribution in [0.15, 0.2) is 16.3 Å². The molecule has 1 aliphatic heterocycles. The van der Waals surface area contributed by atoms with Crippen molar-refractivity contribution in [3.63, 3.8) is 0 Å². The molecule has 1 saturated carbocycles. The molecule has 1 saturated heterocycles. The summed E-state index contributed by atoms with van der Waals surface area (Å²) < 4.78 is 27.8. The van der Waals surface area contributed by atoms with Crippen molar-refractivity contribution in [3.05, 3.63) is 16.5 Å². The van der Waals surface area contributed by atoms with Gasteiger partial charge in [0.05, 0.1) is 4.34 Å². The Morgan fingerprint density at radius 1 is 1.33 bits per heavy atom. The fourth-order valence-corrected chi connectivity index (χ4v) is 5.96. The summed E-state index contributed by atoms with van der Waals surface area (Å²) in [6, 6.07) is 3.10. The molecule has 1 amide bonds. The lowest BCUT2D eigenvalue weighted by molar-refractivity contribution is -0.121. The summed E-state index contributed by atoms with van der Waals surface area (Å²) in [5.74, 6) is 0.970. The third kappa shape index (κ3) is 3.26. The predicted octanol–water partition coefficient (Wildman–Crippen LogP) is 1.84. The van der Waals surface area contributed by atoms with Gasteiger partial charge in [0.15, 0.2) is 0 Å². The second kappa shape index (κ2) is 5.87. The number of hydrogen-bond donors (Lipinski definition) is 2. The first kappa shape index (κ1) is 15.3. The Hall–Kier alpha value is -0.630. The molecule has 116 valence electrons. The smallest absolute Gasteiger partial charge is 0.250 e. The van der Waals surface area contributed by atoms with E-state index in [-0.39, 0.29) is 22.0 Å². The molecular formula is C13H17ClN2O3S2. The van der Waals surface area contributed by atoms with Crippen molar-refractivity contribution >= 4 is 38.9 Å². The van der Waals surface area contributed by atoms with Crippen LogP contribution in [-0.4, -0.2) is 27.4 Å². The van der Waals surface area contributed by atoms with Gasteiger partial charge >= 0.3 is 0 Å². The lowest BCUT2D eigenvalue weighted by Crippen LogP contribution is -2.34. The van der Waals surface area contributed by atoms with Gasteiger partial charge in [-0.05, 0) is 42.7 Å². The number of rotatable bonds is 4. The van der Waals surface area contributed by atoms with E-state index >= 15 is 0 Å². The molecule has 3 rings (SSSR count). The molecular weight excluding hydrogens is 332 g/mol. The molecule has 0 radical (unpaired) electrons. The van der Waals surface area contributed by atoms with Gasteiger partial charge < -0.3 is 5.32 Å². The number of hydrogen-bond acceptors (Lipinski definition) is 4. The molecule has 1 aromatic heterocycles. The summed E-state index contributed by atoms with van der Waals surface area (Å²) in [6.07, 6.45) is 2.57. The third-order valence-corrected chi connectivity index (χ3v) is 7.60. The first-order chi connectivity index (χ1) is 9.95. The first-order valence-corrected chi connectivity index (χ1v) is 9.65. The van der Waals surface area contributed by atoms with E-state index < -0.39 is 10.0 Å². The van der Waals surface area contributed by atoms with Crippen LogP contribution in [0, 0.1) is 17.8 Å². The molecule has 3 atom stereocenters. The minimum Gasteiger partial charge on any atom is -0.356 e. The minimum absolute atomic E-state index is 0.0834. The van der Waals surface area contributed by atoms with Crippen LogP contribution in [0.25, 0.3) is 0 Å². The van der Waals surface area contributed by atoms with Gasteiger partial charge in [0, 0.05) is 19.5 Å². The molecule has 3 unspecified atom stereocenters. The highest BCUT2D eigenvalue weighted by Gasteiger charge is 2.39. The number of amides is 1. The van der Waals surface area contributed by atoms with Gasteiger partial charge in [-0.2, -0.15) is 0 Å². The highest BCUT2D eigenvalue weighted by atomic mass is 35.5. The van der Waals surface area contributed by atoms with Crippen LogP contribution in [-0.2, 0) is 14.8 Å². The topological polar surface area (TPSA) is 75.3 Å². The predicted molar refractivity (Wildman–Crippen MR) is 81.8 cm³/mol. The molecule has 2 heterocycles. The van der Waals surface area contributed by atoms with Gasteiger partial charge in [0.1, 0.15) is 4.21 Å². The van der Waals surface area contributed by atoms with Crippen molar-refractivity contribution in [1.29, 1.82) is 0 Å². The normalized spacial score (nSPS) is 29.2. The summed E-state index contributed by atoms with van der Waals surface area (Å²) in [5.41, 5.74) is 0. The average molecular weight is 349 g/mol. The van der Waals surface area contributed by atoms with E-state index in [1.54, 1.807) is 6.07 Å². The number of sulfonamides is 1. The van der Waals surface area contributed by atoms with Crippen molar-refractivity contribution in [2.24, 2.45) is 17.8 Å². The summed E-state index contributed by atoms with van der Waals surface area (Å²) in [4.78, 5) is 11.6. The van der Waals surface area contributed by atoms with Crippen LogP contribution < -0.4 is 10.0 Å². The van der Waals surface area contributed by atoms with Crippen LogP contribution in [0.3, 0.4) is 0 Å². The van der Waals surface area contributed by atoms with Gasteiger partial charge in [-0.15, -0.1) is 11.3 Å². The molecule has 0 spiro atoms. The maximum atomic E-state index is 12.2. The third-order valence-electron chi connectivity index (χ3n) is 4.45. The van der Waals surface area contributed by atoms with E-state index in [1.807, 2.05) is 0 Å². The van der Waals surface area contributed by atoms with Crippen LogP contribution in [0.2, 0.25) is 4.34 Å². The quantitative estimate of drug-likeness (QED) is 0.871. The number of thiophene rings is 1. The van der Waals surface area contributed by atoms with E-state index in [9.17, 15) is 13.2 Å². The zero-order chi connectivity index (χ0) is 15.0. The van der Waals surface area contributed by atoms with Crippen molar-refractivity contribution < 1.29 is 13.2 Å². The van der Waals surface area contributed by atoms with Crippen molar-refractivity contribution in [2.45, 2.75) is 23.5 Å². The maximum Gasteiger partial charge on any atom is 0.250 e. The number of halogens is 1. The molecule has 2 bridgehead atoms. The van der Waals surface area contributed by atoms with E-state index in [0.717, 1.165) is 24.2 Å². The van der Waals surface area contributed by atoms with Crippen LogP contribution in [0.4, 0.5) is 0 Å². The largest absolute Gasteiger partial charge is 0.356 e. The Morgan fingerprint density at radius 3 is 2.81 bits per heavy atom. The molecule has 8 heteroatoms. The van der Waals surface area contributed by atoms with E-state index in [4.69, 9.17) is 11.6 Å². The Morgan fingerprint density at radius 2 is 2.10 bits per heavy atom. The van der Waals surface area contributed by atoms with Gasteiger partial charge in [-0.1, -0.05) is 11.6 Å². The first-order valence-electron chi connectivity index (χ1n) is 6.97. The van der Waals surface area contributed by atoms with E-state index in [1.165, 1.54) is 6.07 Å². The maximum absolute atomic E-state index is 12.2. The number of carbonyl (C=O) groups excluding carboxylic acids is 1. The summed E-state index contributed by atoms with van der Waals surface area (Å²) in [5, 5.41) is 2.91. The van der Waals surface area contributed by atoms with Crippen LogP contribution in [0.5, 0.6) is 0 Å². The number of fused-ring (bicyclic) bond motifs is 2. The number of carbonyl (C=O) groups is 1. The molecule has 5 nitrogen and oxygen atoms in total. The molecule has 2 aliphatic rings. The minimum atomic E-state index is -3.50. The Labute approximate surface area is 133 Å². The van der Waals surface area contributed by atoms with Gasteiger partial charge in [0.25, 0.3) is 0 Å². The average Bonchev–Trinajstić information content (AvgIpc) is 2.96. The molecule has 2 fully saturated rings. The van der Waals surface area contributed by atoms with Crippen molar-refractivity contribution in [2.75, 3.05) is 13.1 Å². The standard InChI is InChI=1S/C13H17ClN2O3S2/c14-11-3-4-13(20-11)21(18,19)16-7-10-8-1-2-9(10)6-15-12(17)5-8/h3-4,8-10,16H,1-2,5-7H2,(H,15,17). The molecule has 2 N–H and O–H groups in total. The second-order valence-electron chi connectivity index (χ2n) is 5.68. The fourth-order valence-electron chi connectivity index (χ4n) is 3.36. The SMILES string of the molecule is O=C1CC2CCC(CN1)C2CNS(=O)(=O)c1ccc(Cl)s1. The fraction of sp³-hybridized carbons (Fsp3) is 0.615. The molecule has 1 aromatic rings. The summed E-state index contributed by atoms with van der Waals surface area (Å²) in [7, 11) is -3.50. The van der Waals surface area contributed by atoms with Gasteiger partial charge in [-0.3, -0.25) is 4.79 Å². The van der Waals surface area contributed by atoms with Gasteiger partial charge in [0.2, 0.25) is 15.9 Å². The molecule has 21 heavy (non-hydrogen) atoms. The highest BCUT2D eigenvalue weighted by Crippen LogP contribution is 2.40. The Kier molecular flexibility index (Phi) is 4.27.